The lowest BCUT2D eigenvalue weighted by molar-refractivity contribution is 0.452. The van der Waals surface area contributed by atoms with Crippen LogP contribution in [0.25, 0.3) is 11.1 Å². The van der Waals surface area contributed by atoms with Crippen LogP contribution in [0.4, 0.5) is 0 Å². The number of rotatable bonds is 4. The van der Waals surface area contributed by atoms with E-state index in [1.54, 1.807) is 6.26 Å². The van der Waals surface area contributed by atoms with Gasteiger partial charge in [-0.3, -0.25) is 5.84 Å². The van der Waals surface area contributed by atoms with Crippen LogP contribution < -0.4 is 11.3 Å². The zero-order valence-corrected chi connectivity index (χ0v) is 11.0. The van der Waals surface area contributed by atoms with E-state index in [0.29, 0.717) is 0 Å². The standard InChI is InChI=1S/C17H16N2O/c18-19-17(16-7-4-12-20-16)15-10-8-14(9-11-15)13-5-2-1-3-6-13/h1-12,17,19H,18H2. The van der Waals surface area contributed by atoms with Crippen molar-refractivity contribution in [1.29, 1.82) is 0 Å². The number of hydrogen-bond acceptors (Lipinski definition) is 3. The van der Waals surface area contributed by atoms with Gasteiger partial charge in [-0.2, -0.15) is 0 Å². The molecule has 0 aliphatic rings. The molecule has 2 aromatic carbocycles. The Balaban J connectivity index is 1.89. The smallest absolute Gasteiger partial charge is 0.126 e. The highest BCUT2D eigenvalue weighted by molar-refractivity contribution is 5.63. The first-order valence-corrected chi connectivity index (χ1v) is 6.53. The lowest BCUT2D eigenvalue weighted by Crippen LogP contribution is -2.28. The molecule has 0 fully saturated rings. The van der Waals surface area contributed by atoms with Crippen LogP contribution in [0.1, 0.15) is 17.4 Å². The van der Waals surface area contributed by atoms with Crippen molar-refractivity contribution in [2.24, 2.45) is 5.84 Å². The van der Waals surface area contributed by atoms with Crippen LogP contribution >= 0.6 is 0 Å². The summed E-state index contributed by atoms with van der Waals surface area (Å²) in [7, 11) is 0. The van der Waals surface area contributed by atoms with Crippen molar-refractivity contribution in [3.63, 3.8) is 0 Å². The molecule has 1 unspecified atom stereocenters. The Kier molecular flexibility index (Phi) is 3.63. The van der Waals surface area contributed by atoms with Crippen molar-refractivity contribution >= 4 is 0 Å². The summed E-state index contributed by atoms with van der Waals surface area (Å²) in [6.45, 7) is 0. The van der Waals surface area contributed by atoms with Crippen LogP contribution in [0, 0.1) is 0 Å². The summed E-state index contributed by atoms with van der Waals surface area (Å²) in [5.41, 5.74) is 6.25. The third kappa shape index (κ3) is 2.50. The molecule has 0 saturated heterocycles. The fraction of sp³-hybridized carbons (Fsp3) is 0.0588. The average molecular weight is 264 g/mol. The summed E-state index contributed by atoms with van der Waals surface area (Å²) in [6, 6.07) is 22.2. The van der Waals surface area contributed by atoms with Crippen molar-refractivity contribution in [2.45, 2.75) is 6.04 Å². The van der Waals surface area contributed by atoms with Gasteiger partial charge in [0.1, 0.15) is 11.8 Å². The van der Waals surface area contributed by atoms with Crippen LogP contribution in [-0.4, -0.2) is 0 Å². The Hall–Kier alpha value is -2.36. The van der Waals surface area contributed by atoms with Gasteiger partial charge < -0.3 is 4.42 Å². The zero-order chi connectivity index (χ0) is 13.8. The maximum atomic E-state index is 5.64. The van der Waals surface area contributed by atoms with Crippen LogP contribution in [0.3, 0.4) is 0 Å². The Morgan fingerprint density at radius 1 is 0.800 bits per heavy atom. The highest BCUT2D eigenvalue weighted by atomic mass is 16.3. The fourth-order valence-corrected chi connectivity index (χ4v) is 2.30. The van der Waals surface area contributed by atoms with Crippen LogP contribution in [0.2, 0.25) is 0 Å². The lowest BCUT2D eigenvalue weighted by Gasteiger charge is -2.14. The van der Waals surface area contributed by atoms with E-state index in [9.17, 15) is 0 Å². The third-order valence-electron chi connectivity index (χ3n) is 3.35. The molecular weight excluding hydrogens is 248 g/mol. The Bertz CT molecular complexity index is 645. The zero-order valence-electron chi connectivity index (χ0n) is 11.0. The molecule has 0 radical (unpaired) electrons. The van der Waals surface area contributed by atoms with Gasteiger partial charge in [0.2, 0.25) is 0 Å². The summed E-state index contributed by atoms with van der Waals surface area (Å²) in [6.07, 6.45) is 1.65. The van der Waals surface area contributed by atoms with Gasteiger partial charge in [-0.25, -0.2) is 5.43 Å². The van der Waals surface area contributed by atoms with Gasteiger partial charge in [-0.1, -0.05) is 54.6 Å². The van der Waals surface area contributed by atoms with Gasteiger partial charge in [0.15, 0.2) is 0 Å². The second-order valence-corrected chi connectivity index (χ2v) is 4.60. The van der Waals surface area contributed by atoms with E-state index in [2.05, 4.69) is 41.8 Å². The predicted molar refractivity (Wildman–Crippen MR) is 79.8 cm³/mol. The first kappa shape index (κ1) is 12.7. The molecule has 0 amide bonds. The molecule has 0 bridgehead atoms. The van der Waals surface area contributed by atoms with E-state index < -0.39 is 0 Å². The highest BCUT2D eigenvalue weighted by Gasteiger charge is 2.14. The Labute approximate surface area is 118 Å². The van der Waals surface area contributed by atoms with Gasteiger partial charge in [0.25, 0.3) is 0 Å². The summed E-state index contributed by atoms with van der Waals surface area (Å²) in [5.74, 6) is 6.44. The third-order valence-corrected chi connectivity index (χ3v) is 3.35. The van der Waals surface area contributed by atoms with E-state index in [0.717, 1.165) is 11.3 Å². The topological polar surface area (TPSA) is 51.2 Å². The molecule has 100 valence electrons. The summed E-state index contributed by atoms with van der Waals surface area (Å²) >= 11 is 0. The van der Waals surface area contributed by atoms with Crippen LogP contribution in [0.5, 0.6) is 0 Å². The molecular formula is C17H16N2O. The summed E-state index contributed by atoms with van der Waals surface area (Å²) in [5, 5.41) is 0. The second kappa shape index (κ2) is 5.74. The SMILES string of the molecule is NNC(c1ccc(-c2ccccc2)cc1)c1ccco1. The van der Waals surface area contributed by atoms with E-state index in [-0.39, 0.29) is 6.04 Å². The van der Waals surface area contributed by atoms with Crippen molar-refractivity contribution in [2.75, 3.05) is 0 Å². The highest BCUT2D eigenvalue weighted by Crippen LogP contribution is 2.25. The molecule has 0 aliphatic carbocycles. The summed E-state index contributed by atoms with van der Waals surface area (Å²) in [4.78, 5) is 0. The fourth-order valence-electron chi connectivity index (χ4n) is 2.30. The van der Waals surface area contributed by atoms with Gasteiger partial charge >= 0.3 is 0 Å². The number of furan rings is 1. The first-order valence-electron chi connectivity index (χ1n) is 6.53. The van der Waals surface area contributed by atoms with Crippen molar-refractivity contribution in [3.8, 4) is 11.1 Å². The number of hydrogen-bond donors (Lipinski definition) is 2. The Morgan fingerprint density at radius 3 is 2.10 bits per heavy atom. The number of benzene rings is 2. The molecule has 20 heavy (non-hydrogen) atoms. The predicted octanol–water partition coefficient (Wildman–Crippen LogP) is 3.50. The van der Waals surface area contributed by atoms with Crippen molar-refractivity contribution < 1.29 is 4.42 Å². The van der Waals surface area contributed by atoms with Crippen molar-refractivity contribution in [3.05, 3.63) is 84.3 Å². The molecule has 1 heterocycles. The van der Waals surface area contributed by atoms with Crippen LogP contribution in [-0.2, 0) is 0 Å². The molecule has 3 heteroatoms. The average Bonchev–Trinajstić information content (AvgIpc) is 3.04. The van der Waals surface area contributed by atoms with Gasteiger partial charge in [-0.05, 0) is 28.8 Å². The minimum Gasteiger partial charge on any atom is -0.467 e. The minimum absolute atomic E-state index is 0.130. The minimum atomic E-state index is -0.130. The Morgan fingerprint density at radius 2 is 1.50 bits per heavy atom. The quantitative estimate of drug-likeness (QED) is 0.560. The maximum absolute atomic E-state index is 5.64. The number of hydrazine groups is 1. The van der Waals surface area contributed by atoms with Crippen LogP contribution in [0.15, 0.2) is 77.4 Å². The summed E-state index contributed by atoms with van der Waals surface area (Å²) < 4.78 is 5.41. The van der Waals surface area contributed by atoms with E-state index in [4.69, 9.17) is 10.3 Å². The van der Waals surface area contributed by atoms with E-state index in [1.165, 1.54) is 11.1 Å². The molecule has 3 N–H and O–H groups in total. The normalized spacial score (nSPS) is 12.2. The van der Waals surface area contributed by atoms with Gasteiger partial charge in [-0.15, -0.1) is 0 Å². The largest absolute Gasteiger partial charge is 0.467 e. The second-order valence-electron chi connectivity index (χ2n) is 4.60. The molecule has 1 atom stereocenters. The molecule has 0 spiro atoms. The molecule has 0 saturated carbocycles. The van der Waals surface area contributed by atoms with Gasteiger partial charge in [0, 0.05) is 0 Å². The van der Waals surface area contributed by atoms with E-state index >= 15 is 0 Å². The molecule has 3 rings (SSSR count). The van der Waals surface area contributed by atoms with Crippen molar-refractivity contribution in [1.82, 2.24) is 5.43 Å². The monoisotopic (exact) mass is 264 g/mol. The van der Waals surface area contributed by atoms with E-state index in [1.807, 2.05) is 30.3 Å². The maximum Gasteiger partial charge on any atom is 0.126 e. The lowest BCUT2D eigenvalue weighted by atomic mass is 10.00. The molecule has 3 aromatic rings. The molecule has 1 aromatic heterocycles. The first-order chi connectivity index (χ1) is 9.88. The molecule has 0 aliphatic heterocycles. The van der Waals surface area contributed by atoms with Gasteiger partial charge in [0.05, 0.1) is 6.26 Å². The number of nitrogens with one attached hydrogen (secondary N) is 1. The molecule has 3 nitrogen and oxygen atoms in total. The number of nitrogens with two attached hydrogens (primary N) is 1.